The molecule has 1 aliphatic heterocycles. The maximum Gasteiger partial charge on any atom is 0.0606 e. The van der Waals surface area contributed by atoms with E-state index in [0.29, 0.717) is 0 Å². The van der Waals surface area contributed by atoms with Gasteiger partial charge in [-0.15, -0.1) is 0 Å². The molecule has 1 heterocycles. The van der Waals surface area contributed by atoms with Crippen LogP contribution in [0, 0.1) is 0 Å². The van der Waals surface area contributed by atoms with Gasteiger partial charge in [-0.05, 0) is 32.0 Å². The molecule has 0 radical (unpaired) electrons. The van der Waals surface area contributed by atoms with Gasteiger partial charge in [-0.1, -0.05) is 0 Å². The van der Waals surface area contributed by atoms with E-state index in [1.54, 1.807) is 0 Å². The third-order valence-electron chi connectivity index (χ3n) is 3.00. The summed E-state index contributed by atoms with van der Waals surface area (Å²) in [5.74, 6) is 0. The first kappa shape index (κ1) is 9.19. The number of rotatable bonds is 0. The normalized spacial score (nSPS) is 18.6. The molecule has 1 aromatic carbocycles. The highest BCUT2D eigenvalue weighted by Crippen LogP contribution is 2.35. The molecule has 0 atom stereocenters. The summed E-state index contributed by atoms with van der Waals surface area (Å²) in [5, 5.41) is 3.40. The molecule has 0 fully saturated rings. The molecule has 76 valence electrons. The predicted octanol–water partition coefficient (Wildman–Crippen LogP) is 1.91. The van der Waals surface area contributed by atoms with Crippen molar-refractivity contribution in [3.05, 3.63) is 18.2 Å². The molecule has 1 aliphatic rings. The van der Waals surface area contributed by atoms with Crippen molar-refractivity contribution in [2.45, 2.75) is 19.4 Å². The van der Waals surface area contributed by atoms with Crippen LogP contribution in [0.2, 0.25) is 0 Å². The van der Waals surface area contributed by atoms with Gasteiger partial charge >= 0.3 is 0 Å². The summed E-state index contributed by atoms with van der Waals surface area (Å²) < 4.78 is 0. The van der Waals surface area contributed by atoms with E-state index in [0.717, 1.165) is 17.9 Å². The van der Waals surface area contributed by atoms with Crippen LogP contribution in [0.4, 0.5) is 17.1 Å². The molecular weight excluding hydrogens is 174 g/mol. The Morgan fingerprint density at radius 1 is 1.43 bits per heavy atom. The standard InChI is InChI=1S/C11H17N3/c1-11(2)7-13-9-6-8(12)4-5-10(9)14(11)3/h4-6,13H,7,12H2,1-3H3. The van der Waals surface area contributed by atoms with Crippen molar-refractivity contribution in [1.29, 1.82) is 0 Å². The summed E-state index contributed by atoms with van der Waals surface area (Å²) in [5.41, 5.74) is 9.05. The van der Waals surface area contributed by atoms with Crippen LogP contribution in [0.15, 0.2) is 18.2 Å². The van der Waals surface area contributed by atoms with E-state index in [1.165, 1.54) is 5.69 Å². The first-order valence-corrected chi connectivity index (χ1v) is 4.88. The van der Waals surface area contributed by atoms with Crippen LogP contribution in [0.3, 0.4) is 0 Å². The summed E-state index contributed by atoms with van der Waals surface area (Å²) >= 11 is 0. The Balaban J connectivity index is 2.46. The lowest BCUT2D eigenvalue weighted by Gasteiger charge is -2.43. The molecule has 3 heteroatoms. The fourth-order valence-electron chi connectivity index (χ4n) is 1.74. The SMILES string of the molecule is CN1c2ccc(N)cc2NCC1(C)C. The highest BCUT2D eigenvalue weighted by atomic mass is 15.2. The summed E-state index contributed by atoms with van der Waals surface area (Å²) in [6.07, 6.45) is 0. The number of anilines is 3. The lowest BCUT2D eigenvalue weighted by atomic mass is 9.98. The zero-order chi connectivity index (χ0) is 10.3. The quantitative estimate of drug-likeness (QED) is 0.615. The maximum atomic E-state index is 5.74. The molecule has 0 spiro atoms. The van der Waals surface area contributed by atoms with E-state index in [4.69, 9.17) is 5.73 Å². The number of hydrogen-bond donors (Lipinski definition) is 2. The van der Waals surface area contributed by atoms with Crippen LogP contribution in [0.5, 0.6) is 0 Å². The van der Waals surface area contributed by atoms with Crippen molar-refractivity contribution in [2.75, 3.05) is 29.5 Å². The number of nitrogens with two attached hydrogens (primary N) is 1. The summed E-state index contributed by atoms with van der Waals surface area (Å²) in [6.45, 7) is 5.39. The van der Waals surface area contributed by atoms with E-state index in [2.05, 4.69) is 37.2 Å². The Morgan fingerprint density at radius 3 is 2.86 bits per heavy atom. The number of nitrogen functional groups attached to an aromatic ring is 1. The molecule has 0 unspecified atom stereocenters. The van der Waals surface area contributed by atoms with Gasteiger partial charge in [-0.2, -0.15) is 0 Å². The molecule has 0 saturated heterocycles. The van der Waals surface area contributed by atoms with Gasteiger partial charge in [0.2, 0.25) is 0 Å². The van der Waals surface area contributed by atoms with Crippen molar-refractivity contribution in [3.8, 4) is 0 Å². The number of hydrogen-bond acceptors (Lipinski definition) is 3. The molecule has 0 amide bonds. The fourth-order valence-corrected chi connectivity index (χ4v) is 1.74. The molecule has 14 heavy (non-hydrogen) atoms. The minimum Gasteiger partial charge on any atom is -0.399 e. The Labute approximate surface area is 84.9 Å². The van der Waals surface area contributed by atoms with Gasteiger partial charge in [0.25, 0.3) is 0 Å². The van der Waals surface area contributed by atoms with Gasteiger partial charge in [0.15, 0.2) is 0 Å². The average Bonchev–Trinajstić information content (AvgIpc) is 2.12. The van der Waals surface area contributed by atoms with Crippen molar-refractivity contribution in [1.82, 2.24) is 0 Å². The van der Waals surface area contributed by atoms with E-state index in [1.807, 2.05) is 12.1 Å². The van der Waals surface area contributed by atoms with E-state index in [9.17, 15) is 0 Å². The van der Waals surface area contributed by atoms with E-state index < -0.39 is 0 Å². The number of likely N-dealkylation sites (N-methyl/N-ethyl adjacent to an activating group) is 1. The number of nitrogens with one attached hydrogen (secondary N) is 1. The molecule has 3 nitrogen and oxygen atoms in total. The highest BCUT2D eigenvalue weighted by Gasteiger charge is 2.29. The number of benzene rings is 1. The molecule has 3 N–H and O–H groups in total. The zero-order valence-electron chi connectivity index (χ0n) is 8.96. The Kier molecular flexibility index (Phi) is 1.84. The lowest BCUT2D eigenvalue weighted by molar-refractivity contribution is 0.503. The second-order valence-electron chi connectivity index (χ2n) is 4.50. The lowest BCUT2D eigenvalue weighted by Crippen LogP contribution is -2.49. The van der Waals surface area contributed by atoms with Gasteiger partial charge in [0, 0.05) is 19.3 Å². The molecule has 0 bridgehead atoms. The molecule has 2 rings (SSSR count). The van der Waals surface area contributed by atoms with E-state index >= 15 is 0 Å². The monoisotopic (exact) mass is 191 g/mol. The minimum absolute atomic E-state index is 0.156. The van der Waals surface area contributed by atoms with Crippen molar-refractivity contribution in [2.24, 2.45) is 0 Å². The van der Waals surface area contributed by atoms with Gasteiger partial charge in [-0.25, -0.2) is 0 Å². The Hall–Kier alpha value is -1.38. The van der Waals surface area contributed by atoms with Gasteiger partial charge in [-0.3, -0.25) is 0 Å². The number of nitrogens with zero attached hydrogens (tertiary/aromatic N) is 1. The average molecular weight is 191 g/mol. The summed E-state index contributed by atoms with van der Waals surface area (Å²) in [6, 6.07) is 6.00. The fraction of sp³-hybridized carbons (Fsp3) is 0.455. The second-order valence-corrected chi connectivity index (χ2v) is 4.50. The number of fused-ring (bicyclic) bond motifs is 1. The Morgan fingerprint density at radius 2 is 2.14 bits per heavy atom. The van der Waals surface area contributed by atoms with Crippen LogP contribution in [-0.4, -0.2) is 19.1 Å². The highest BCUT2D eigenvalue weighted by molar-refractivity contribution is 5.76. The van der Waals surface area contributed by atoms with Crippen molar-refractivity contribution < 1.29 is 0 Å². The van der Waals surface area contributed by atoms with Gasteiger partial charge in [0.1, 0.15) is 0 Å². The summed E-state index contributed by atoms with van der Waals surface area (Å²) in [4.78, 5) is 2.29. The van der Waals surface area contributed by atoms with Crippen molar-refractivity contribution >= 4 is 17.1 Å². The van der Waals surface area contributed by atoms with Crippen LogP contribution in [-0.2, 0) is 0 Å². The molecule has 0 aromatic heterocycles. The first-order chi connectivity index (χ1) is 6.50. The van der Waals surface area contributed by atoms with Gasteiger partial charge in [0.05, 0.1) is 16.9 Å². The van der Waals surface area contributed by atoms with Crippen LogP contribution < -0.4 is 16.0 Å². The largest absolute Gasteiger partial charge is 0.399 e. The summed E-state index contributed by atoms with van der Waals surface area (Å²) in [7, 11) is 2.12. The Bertz CT molecular complexity index is 358. The second kappa shape index (κ2) is 2.80. The van der Waals surface area contributed by atoms with E-state index in [-0.39, 0.29) is 5.54 Å². The van der Waals surface area contributed by atoms with Crippen LogP contribution in [0.1, 0.15) is 13.8 Å². The van der Waals surface area contributed by atoms with Crippen LogP contribution >= 0.6 is 0 Å². The van der Waals surface area contributed by atoms with Crippen molar-refractivity contribution in [3.63, 3.8) is 0 Å². The predicted molar refractivity (Wildman–Crippen MR) is 61.8 cm³/mol. The van der Waals surface area contributed by atoms with Gasteiger partial charge < -0.3 is 16.0 Å². The molecular formula is C11H17N3. The molecule has 1 aromatic rings. The smallest absolute Gasteiger partial charge is 0.0606 e. The molecule has 0 saturated carbocycles. The third-order valence-corrected chi connectivity index (χ3v) is 3.00. The zero-order valence-corrected chi connectivity index (χ0v) is 8.96. The molecule has 0 aliphatic carbocycles. The topological polar surface area (TPSA) is 41.3 Å². The minimum atomic E-state index is 0.156. The third kappa shape index (κ3) is 1.29. The van der Waals surface area contributed by atoms with Crippen LogP contribution in [0.25, 0.3) is 0 Å². The maximum absolute atomic E-state index is 5.74. The first-order valence-electron chi connectivity index (χ1n) is 4.88.